The molecule has 28 heavy (non-hydrogen) atoms. The van der Waals surface area contributed by atoms with Crippen molar-refractivity contribution in [2.75, 3.05) is 0 Å². The second kappa shape index (κ2) is 7.62. The minimum atomic E-state index is 0. The van der Waals surface area contributed by atoms with Gasteiger partial charge in [0.05, 0.1) is 22.8 Å². The van der Waals surface area contributed by atoms with E-state index in [1.54, 1.807) is 0 Å². The van der Waals surface area contributed by atoms with Crippen molar-refractivity contribution < 1.29 is 16.8 Å². The summed E-state index contributed by atoms with van der Waals surface area (Å²) in [6.45, 7) is 2.21. The number of hydrogen-bond donors (Lipinski definition) is 2. The molecule has 5 heterocycles. The summed E-state index contributed by atoms with van der Waals surface area (Å²) in [7, 11) is 0. The molecule has 0 aliphatic carbocycles. The summed E-state index contributed by atoms with van der Waals surface area (Å²) >= 11 is 0. The van der Waals surface area contributed by atoms with Gasteiger partial charge in [-0.2, -0.15) is 0 Å². The van der Waals surface area contributed by atoms with Crippen LogP contribution in [0, 0.1) is 0 Å². The van der Waals surface area contributed by atoms with Crippen molar-refractivity contribution in [2.24, 2.45) is 0 Å². The van der Waals surface area contributed by atoms with Gasteiger partial charge < -0.3 is 9.97 Å². The van der Waals surface area contributed by atoms with Gasteiger partial charge in [-0.3, -0.25) is 0 Å². The first-order valence-corrected chi connectivity index (χ1v) is 9.32. The van der Waals surface area contributed by atoms with Gasteiger partial charge in [0.2, 0.25) is 0 Å². The van der Waals surface area contributed by atoms with Crippen LogP contribution in [-0.2, 0) is 23.2 Å². The zero-order chi connectivity index (χ0) is 18.2. The summed E-state index contributed by atoms with van der Waals surface area (Å²) in [4.78, 5) is 16.4. The Morgan fingerprint density at radius 1 is 0.679 bits per heavy atom. The molecule has 0 aromatic carbocycles. The molecule has 0 atom stereocenters. The van der Waals surface area contributed by atoms with Crippen LogP contribution >= 0.6 is 0 Å². The molecule has 0 spiro atoms. The average Bonchev–Trinajstić information content (AvgIpc) is 3.41. The minimum absolute atomic E-state index is 0. The number of fused-ring (bicyclic) bond motifs is 8. The number of aromatic amines is 2. The Bertz CT molecular complexity index is 1240. The van der Waals surface area contributed by atoms with Gasteiger partial charge in [-0.05, 0) is 78.8 Å². The molecule has 2 aliphatic rings. The van der Waals surface area contributed by atoms with E-state index in [1.807, 2.05) is 24.3 Å². The van der Waals surface area contributed by atoms with E-state index < -0.39 is 0 Å². The van der Waals surface area contributed by atoms with Gasteiger partial charge in [0.1, 0.15) is 0 Å². The number of nitrogens with one attached hydrogen (secondary N) is 2. The van der Waals surface area contributed by atoms with E-state index in [2.05, 4.69) is 64.3 Å². The number of nitrogens with zero attached hydrogens (tertiary/aromatic N) is 2. The summed E-state index contributed by atoms with van der Waals surface area (Å²) in [6.07, 6.45) is 10.3. The minimum Gasteiger partial charge on any atom is -0.355 e. The van der Waals surface area contributed by atoms with Crippen LogP contribution in [0.15, 0.2) is 42.5 Å². The van der Waals surface area contributed by atoms with Gasteiger partial charge in [-0.25, -0.2) is 9.97 Å². The van der Waals surface area contributed by atoms with Gasteiger partial charge in [0, 0.05) is 38.8 Å². The average molecular weight is 411 g/mol. The number of H-pyrrole nitrogens is 2. The Balaban J connectivity index is 0.00000192. The molecule has 2 N–H and O–H groups in total. The fourth-order valence-electron chi connectivity index (χ4n) is 3.55. The topological polar surface area (TPSA) is 57.4 Å². The Morgan fingerprint density at radius 3 is 1.96 bits per heavy atom. The van der Waals surface area contributed by atoms with Crippen LogP contribution in [0.25, 0.3) is 46.4 Å². The molecule has 5 rings (SSSR count). The van der Waals surface area contributed by atoms with Crippen LogP contribution in [0.5, 0.6) is 0 Å². The van der Waals surface area contributed by atoms with Crippen LogP contribution < -0.4 is 0 Å². The molecule has 0 fully saturated rings. The second-order valence-corrected chi connectivity index (χ2v) is 6.95. The molecule has 5 heteroatoms. The standard InChI is InChI=1S/C23H20N4.Co/c1-2-3-15-10-22-13-20-7-6-18(25-20)11-16-4-5-17(24-16)12-19-8-9-21(26-19)14-23(15)27-22;/h4-14,25,27H,2-3H2,1H3;. The quantitative estimate of drug-likeness (QED) is 0.397. The van der Waals surface area contributed by atoms with E-state index in [-0.39, 0.29) is 16.8 Å². The Labute approximate surface area is 173 Å². The molecule has 3 aromatic heterocycles. The largest absolute Gasteiger partial charge is 0.355 e. The van der Waals surface area contributed by atoms with Crippen molar-refractivity contribution >= 4 is 46.4 Å². The SMILES string of the molecule is CCCc1cc2cc3ccc(cc4nc(cc5nc(cc1[nH]2)C=C5)C=C4)[nH]3.[Co]. The Morgan fingerprint density at radius 2 is 1.29 bits per heavy atom. The van der Waals surface area contributed by atoms with Crippen molar-refractivity contribution in [3.63, 3.8) is 0 Å². The smallest absolute Gasteiger partial charge is 0.0659 e. The zero-order valence-electron chi connectivity index (χ0n) is 15.5. The van der Waals surface area contributed by atoms with Gasteiger partial charge in [0.25, 0.3) is 0 Å². The van der Waals surface area contributed by atoms with Gasteiger partial charge in [-0.1, -0.05) is 13.3 Å². The molecule has 0 unspecified atom stereocenters. The van der Waals surface area contributed by atoms with E-state index in [1.165, 1.54) is 5.56 Å². The van der Waals surface area contributed by atoms with Crippen LogP contribution in [0.4, 0.5) is 0 Å². The van der Waals surface area contributed by atoms with Crippen molar-refractivity contribution in [1.29, 1.82) is 0 Å². The summed E-state index contributed by atoms with van der Waals surface area (Å²) in [5.41, 5.74) is 9.40. The molecule has 0 saturated heterocycles. The molecular weight excluding hydrogens is 391 g/mol. The third-order valence-electron chi connectivity index (χ3n) is 4.77. The summed E-state index contributed by atoms with van der Waals surface area (Å²) in [5.74, 6) is 0. The molecular formula is C23H20CoN4. The Hall–Kier alpha value is -2.89. The Kier molecular flexibility index (Phi) is 5.02. The number of aromatic nitrogens is 4. The second-order valence-electron chi connectivity index (χ2n) is 6.95. The molecule has 3 aromatic rings. The van der Waals surface area contributed by atoms with E-state index in [4.69, 9.17) is 4.98 Å². The van der Waals surface area contributed by atoms with E-state index in [0.717, 1.165) is 57.7 Å². The first-order valence-electron chi connectivity index (χ1n) is 9.32. The van der Waals surface area contributed by atoms with Crippen LogP contribution in [-0.4, -0.2) is 19.9 Å². The predicted octanol–water partition coefficient (Wildman–Crippen LogP) is 5.61. The van der Waals surface area contributed by atoms with Gasteiger partial charge in [0.15, 0.2) is 0 Å². The first kappa shape index (κ1) is 18.5. The third-order valence-corrected chi connectivity index (χ3v) is 4.77. The summed E-state index contributed by atoms with van der Waals surface area (Å²) in [6, 6.07) is 14.7. The summed E-state index contributed by atoms with van der Waals surface area (Å²) in [5, 5.41) is 0. The van der Waals surface area contributed by atoms with Gasteiger partial charge >= 0.3 is 0 Å². The van der Waals surface area contributed by atoms with Crippen LogP contribution in [0.3, 0.4) is 0 Å². The van der Waals surface area contributed by atoms with Crippen LogP contribution in [0.1, 0.15) is 41.7 Å². The van der Waals surface area contributed by atoms with E-state index in [0.29, 0.717) is 0 Å². The van der Waals surface area contributed by atoms with Gasteiger partial charge in [-0.15, -0.1) is 0 Å². The predicted molar refractivity (Wildman–Crippen MR) is 113 cm³/mol. The maximum atomic E-state index is 4.72. The zero-order valence-corrected chi connectivity index (χ0v) is 16.5. The molecule has 0 saturated carbocycles. The molecule has 4 nitrogen and oxygen atoms in total. The van der Waals surface area contributed by atoms with Crippen molar-refractivity contribution in [3.8, 4) is 0 Å². The van der Waals surface area contributed by atoms with E-state index >= 15 is 0 Å². The number of rotatable bonds is 2. The van der Waals surface area contributed by atoms with Crippen molar-refractivity contribution in [3.05, 3.63) is 70.8 Å². The normalized spacial score (nSPS) is 12.2. The summed E-state index contributed by atoms with van der Waals surface area (Å²) < 4.78 is 0. The number of hydrogen-bond acceptors (Lipinski definition) is 2. The molecule has 141 valence electrons. The fourth-order valence-corrected chi connectivity index (χ4v) is 3.55. The molecule has 0 amide bonds. The number of aryl methyl sites for hydroxylation is 1. The van der Waals surface area contributed by atoms with Crippen molar-refractivity contribution in [1.82, 2.24) is 19.9 Å². The van der Waals surface area contributed by atoms with E-state index in [9.17, 15) is 0 Å². The molecule has 8 bridgehead atoms. The fraction of sp³-hybridized carbons (Fsp3) is 0.130. The molecule has 1 radical (unpaired) electrons. The van der Waals surface area contributed by atoms with Crippen LogP contribution in [0.2, 0.25) is 0 Å². The third kappa shape index (κ3) is 3.72. The van der Waals surface area contributed by atoms with Crippen molar-refractivity contribution in [2.45, 2.75) is 19.8 Å². The monoisotopic (exact) mass is 411 g/mol. The molecule has 2 aliphatic heterocycles. The maximum Gasteiger partial charge on any atom is 0.0659 e. The first-order chi connectivity index (χ1) is 13.2. The maximum absolute atomic E-state index is 4.72.